The number of aryl methyl sites for hydroxylation is 1. The third kappa shape index (κ3) is 3.65. The molecule has 154 valence electrons. The number of aliphatic hydroxyl groups is 1. The molecule has 1 N–H and O–H groups in total. The van der Waals surface area contributed by atoms with Crippen LogP contribution in [0.4, 0.5) is 23.4 Å². The van der Waals surface area contributed by atoms with Crippen molar-refractivity contribution in [3.05, 3.63) is 53.5 Å². The van der Waals surface area contributed by atoms with Crippen molar-refractivity contribution in [2.45, 2.75) is 42.5 Å². The standard InChI is InChI=1S/C18H15F4N3O3S/c1-11-3-2-4-13(7-11)29(27,28)25(12-8-17(26,9-12)18(20,21)22)16-6-5-14(19)15(10-23)24-16/h2-7,12,26H,8-9H2,1H3. The number of hydrogen-bond acceptors (Lipinski definition) is 5. The lowest BCUT2D eigenvalue weighted by atomic mass is 9.75. The van der Waals surface area contributed by atoms with Crippen molar-refractivity contribution in [3.63, 3.8) is 0 Å². The molecule has 1 aromatic heterocycles. The van der Waals surface area contributed by atoms with Crippen molar-refractivity contribution < 1.29 is 31.1 Å². The Morgan fingerprint density at radius 2 is 1.93 bits per heavy atom. The van der Waals surface area contributed by atoms with Crippen molar-refractivity contribution in [1.82, 2.24) is 4.98 Å². The van der Waals surface area contributed by atoms with Crippen molar-refractivity contribution in [1.29, 1.82) is 5.26 Å². The van der Waals surface area contributed by atoms with Crippen LogP contribution in [0.15, 0.2) is 41.3 Å². The minimum absolute atomic E-state index is 0.204. The number of halogens is 4. The number of sulfonamides is 1. The number of benzene rings is 1. The molecule has 11 heteroatoms. The van der Waals surface area contributed by atoms with Crippen LogP contribution >= 0.6 is 0 Å². The second-order valence-corrected chi connectivity index (χ2v) is 8.64. The zero-order valence-corrected chi connectivity index (χ0v) is 15.8. The molecule has 29 heavy (non-hydrogen) atoms. The van der Waals surface area contributed by atoms with Gasteiger partial charge in [0.15, 0.2) is 17.1 Å². The lowest BCUT2D eigenvalue weighted by Crippen LogP contribution is -2.63. The van der Waals surface area contributed by atoms with Gasteiger partial charge in [-0.05, 0) is 36.8 Å². The number of alkyl halides is 3. The van der Waals surface area contributed by atoms with Gasteiger partial charge in [0.25, 0.3) is 10.0 Å². The van der Waals surface area contributed by atoms with E-state index in [1.165, 1.54) is 24.3 Å². The number of pyridine rings is 1. The van der Waals surface area contributed by atoms with Gasteiger partial charge in [-0.3, -0.25) is 0 Å². The summed E-state index contributed by atoms with van der Waals surface area (Å²) in [4.78, 5) is 3.46. The van der Waals surface area contributed by atoms with E-state index in [0.717, 1.165) is 12.1 Å². The Morgan fingerprint density at radius 3 is 2.48 bits per heavy atom. The highest BCUT2D eigenvalue weighted by Crippen LogP contribution is 2.48. The maximum atomic E-state index is 13.6. The number of nitriles is 1. The fourth-order valence-electron chi connectivity index (χ4n) is 3.15. The van der Waals surface area contributed by atoms with Crippen LogP contribution < -0.4 is 4.31 Å². The molecule has 1 aliphatic carbocycles. The summed E-state index contributed by atoms with van der Waals surface area (Å²) in [5, 5.41) is 18.7. The Kier molecular flexibility index (Phi) is 5.04. The van der Waals surface area contributed by atoms with Crippen LogP contribution in [0.25, 0.3) is 0 Å². The van der Waals surface area contributed by atoms with E-state index in [9.17, 15) is 31.1 Å². The third-order valence-corrected chi connectivity index (χ3v) is 6.57. The Morgan fingerprint density at radius 1 is 1.28 bits per heavy atom. The second kappa shape index (κ2) is 6.96. The molecule has 6 nitrogen and oxygen atoms in total. The molecule has 0 saturated heterocycles. The first kappa shape index (κ1) is 21.0. The number of nitrogens with zero attached hydrogens (tertiary/aromatic N) is 3. The lowest BCUT2D eigenvalue weighted by Gasteiger charge is -2.48. The average molecular weight is 429 g/mol. The molecule has 3 rings (SSSR count). The summed E-state index contributed by atoms with van der Waals surface area (Å²) in [7, 11) is -4.41. The molecule has 0 unspecified atom stereocenters. The topological polar surface area (TPSA) is 94.3 Å². The SMILES string of the molecule is Cc1cccc(S(=O)(=O)N(c2ccc(F)c(C#N)n2)C2CC(O)(C(F)(F)F)C2)c1. The minimum Gasteiger partial charge on any atom is -0.380 e. The number of anilines is 1. The summed E-state index contributed by atoms with van der Waals surface area (Å²) in [6, 6.07) is 7.66. The molecule has 0 atom stereocenters. The van der Waals surface area contributed by atoms with Crippen LogP contribution in [0.1, 0.15) is 24.1 Å². The Labute approximate surface area is 164 Å². The molecule has 0 aliphatic heterocycles. The molecule has 0 bridgehead atoms. The molecule has 0 amide bonds. The van der Waals surface area contributed by atoms with Gasteiger partial charge in [-0.15, -0.1) is 0 Å². The normalized spacial score (nSPS) is 21.9. The smallest absolute Gasteiger partial charge is 0.380 e. The summed E-state index contributed by atoms with van der Waals surface area (Å²) in [5.41, 5.74) is -3.13. The van der Waals surface area contributed by atoms with Crippen LogP contribution in [0.5, 0.6) is 0 Å². The van der Waals surface area contributed by atoms with Crippen LogP contribution in [0.2, 0.25) is 0 Å². The predicted molar refractivity (Wildman–Crippen MR) is 93.8 cm³/mol. The second-order valence-electron chi connectivity index (χ2n) is 6.82. The third-order valence-electron chi connectivity index (χ3n) is 4.72. The summed E-state index contributed by atoms with van der Waals surface area (Å²) in [6.45, 7) is 1.64. The van der Waals surface area contributed by atoms with E-state index in [2.05, 4.69) is 4.98 Å². The first-order valence-electron chi connectivity index (χ1n) is 8.36. The van der Waals surface area contributed by atoms with Gasteiger partial charge < -0.3 is 5.11 Å². The van der Waals surface area contributed by atoms with Crippen LogP contribution in [-0.2, 0) is 10.0 Å². The monoisotopic (exact) mass is 429 g/mol. The minimum atomic E-state index is -4.93. The molecule has 1 saturated carbocycles. The molecule has 2 aromatic rings. The predicted octanol–water partition coefficient (Wildman–Crippen LogP) is 3.05. The molecule has 1 heterocycles. The van der Waals surface area contributed by atoms with Gasteiger partial charge in [0.05, 0.1) is 10.9 Å². The van der Waals surface area contributed by atoms with Gasteiger partial charge >= 0.3 is 6.18 Å². The molecule has 1 aliphatic rings. The van der Waals surface area contributed by atoms with Gasteiger partial charge in [-0.25, -0.2) is 22.1 Å². The molecule has 1 fully saturated rings. The first-order valence-corrected chi connectivity index (χ1v) is 9.80. The molecular weight excluding hydrogens is 414 g/mol. The molecule has 1 aromatic carbocycles. The molecular formula is C18H15F4N3O3S. The van der Waals surface area contributed by atoms with E-state index >= 15 is 0 Å². The number of rotatable bonds is 4. The van der Waals surface area contributed by atoms with E-state index < -0.39 is 58.0 Å². The van der Waals surface area contributed by atoms with Gasteiger partial charge in [0.1, 0.15) is 11.9 Å². The van der Waals surface area contributed by atoms with E-state index in [-0.39, 0.29) is 4.90 Å². The van der Waals surface area contributed by atoms with Crippen molar-refractivity contribution in [2.75, 3.05) is 4.31 Å². The van der Waals surface area contributed by atoms with Crippen molar-refractivity contribution >= 4 is 15.8 Å². The van der Waals surface area contributed by atoms with E-state index in [0.29, 0.717) is 9.87 Å². The van der Waals surface area contributed by atoms with E-state index in [1.807, 2.05) is 0 Å². The Bertz CT molecular complexity index is 1090. The Balaban J connectivity index is 2.10. The fraction of sp³-hybridized carbons (Fsp3) is 0.333. The largest absolute Gasteiger partial charge is 0.417 e. The maximum absolute atomic E-state index is 13.6. The zero-order valence-electron chi connectivity index (χ0n) is 15.0. The Hall–Kier alpha value is -2.71. The summed E-state index contributed by atoms with van der Waals surface area (Å²) in [5.74, 6) is -1.40. The average Bonchev–Trinajstić information content (AvgIpc) is 2.60. The fourth-order valence-corrected chi connectivity index (χ4v) is 4.85. The highest BCUT2D eigenvalue weighted by Gasteiger charge is 2.63. The van der Waals surface area contributed by atoms with Gasteiger partial charge in [-0.2, -0.15) is 18.4 Å². The quantitative estimate of drug-likeness (QED) is 0.754. The number of aromatic nitrogens is 1. The first-order chi connectivity index (χ1) is 13.4. The van der Waals surface area contributed by atoms with Crippen LogP contribution in [-0.4, -0.2) is 36.3 Å². The summed E-state index contributed by atoms with van der Waals surface area (Å²) in [6.07, 6.45) is -6.76. The molecule has 0 radical (unpaired) electrons. The summed E-state index contributed by atoms with van der Waals surface area (Å²) >= 11 is 0. The van der Waals surface area contributed by atoms with Crippen LogP contribution in [0.3, 0.4) is 0 Å². The van der Waals surface area contributed by atoms with Gasteiger partial charge in [-0.1, -0.05) is 12.1 Å². The zero-order chi connectivity index (χ0) is 21.6. The van der Waals surface area contributed by atoms with Crippen molar-refractivity contribution in [3.8, 4) is 6.07 Å². The molecule has 0 spiro atoms. The van der Waals surface area contributed by atoms with Crippen LogP contribution in [0, 0.1) is 24.1 Å². The summed E-state index contributed by atoms with van der Waals surface area (Å²) < 4.78 is 79.8. The highest BCUT2D eigenvalue weighted by molar-refractivity contribution is 7.92. The van der Waals surface area contributed by atoms with E-state index in [1.54, 1.807) is 13.0 Å². The highest BCUT2D eigenvalue weighted by atomic mass is 32.2. The van der Waals surface area contributed by atoms with Gasteiger partial charge in [0.2, 0.25) is 0 Å². The van der Waals surface area contributed by atoms with Crippen molar-refractivity contribution in [2.24, 2.45) is 0 Å². The maximum Gasteiger partial charge on any atom is 0.417 e. The lowest BCUT2D eigenvalue weighted by molar-refractivity contribution is -0.289. The van der Waals surface area contributed by atoms with Gasteiger partial charge in [0, 0.05) is 12.8 Å². The number of hydrogen-bond donors (Lipinski definition) is 1. The van der Waals surface area contributed by atoms with E-state index in [4.69, 9.17) is 5.26 Å².